The molecule has 3 N–H and O–H groups in total. The Bertz CT molecular complexity index is 1620. The number of hydrogen-bond acceptors (Lipinski definition) is 7. The summed E-state index contributed by atoms with van der Waals surface area (Å²) in [7, 11) is 0. The number of thiophene rings is 1. The number of nitrogens with zero attached hydrogens (tertiary/aromatic N) is 4. The van der Waals surface area contributed by atoms with Crippen LogP contribution in [-0.4, -0.2) is 65.8 Å². The highest BCUT2D eigenvalue weighted by molar-refractivity contribution is 7.21. The van der Waals surface area contributed by atoms with Crippen LogP contribution in [0.15, 0.2) is 42.5 Å². The second-order valence-corrected chi connectivity index (χ2v) is 10.5. The summed E-state index contributed by atoms with van der Waals surface area (Å²) in [5.74, 6) is -0.0588. The van der Waals surface area contributed by atoms with Crippen molar-refractivity contribution in [3.8, 4) is 17.3 Å². The molecule has 0 unspecified atom stereocenters. The Hall–Kier alpha value is -4.36. The number of aromatic nitrogens is 1. The minimum Gasteiger partial charge on any atom is -0.465 e. The third kappa shape index (κ3) is 4.07. The van der Waals surface area contributed by atoms with Gasteiger partial charge in [-0.2, -0.15) is 5.26 Å². The molecule has 4 heterocycles. The summed E-state index contributed by atoms with van der Waals surface area (Å²) in [5.41, 5.74) is 4.64. The zero-order chi connectivity index (χ0) is 25.7. The maximum atomic E-state index is 12.7. The summed E-state index contributed by atoms with van der Waals surface area (Å²) >= 11 is 1.48. The zero-order valence-corrected chi connectivity index (χ0v) is 20.9. The van der Waals surface area contributed by atoms with E-state index in [1.165, 1.54) is 16.2 Å². The summed E-state index contributed by atoms with van der Waals surface area (Å²) in [6, 6.07) is 15.9. The van der Waals surface area contributed by atoms with Crippen LogP contribution in [0.2, 0.25) is 0 Å². The van der Waals surface area contributed by atoms with E-state index < -0.39 is 6.09 Å². The second kappa shape index (κ2) is 8.94. The van der Waals surface area contributed by atoms with Gasteiger partial charge in [0.25, 0.3) is 5.91 Å². The Morgan fingerprint density at radius 1 is 1.16 bits per heavy atom. The molecule has 9 nitrogen and oxygen atoms in total. The van der Waals surface area contributed by atoms with E-state index in [0.29, 0.717) is 43.2 Å². The minimum absolute atomic E-state index is 0.0376. The molecule has 2 amide bonds. The number of rotatable bonds is 2. The van der Waals surface area contributed by atoms with E-state index in [2.05, 4.69) is 21.6 Å². The lowest BCUT2D eigenvalue weighted by molar-refractivity contribution is 0.0949. The van der Waals surface area contributed by atoms with Crippen molar-refractivity contribution in [2.45, 2.75) is 13.0 Å². The van der Waals surface area contributed by atoms with Gasteiger partial charge in [0.15, 0.2) is 0 Å². The van der Waals surface area contributed by atoms with Crippen molar-refractivity contribution < 1.29 is 14.7 Å². The van der Waals surface area contributed by atoms with E-state index in [0.717, 1.165) is 43.6 Å². The Morgan fingerprint density at radius 2 is 1.97 bits per heavy atom. The first-order valence-corrected chi connectivity index (χ1v) is 12.9. The van der Waals surface area contributed by atoms with Gasteiger partial charge in [0.05, 0.1) is 28.5 Å². The standard InChI is InChI=1S/C27H24N6O3S/c1-15-14-29-24-23-19-2-3-20(31-21(19)4-5-22(23)37-25(24)26(34)30-15)17-10-16(13-28)11-18(12-17)32-6-8-33(9-7-32)27(35)36/h2-5,10-12,15,29H,6-9,14H2,1H3,(H,30,34)(H,35,36)/t15-/m1/s1. The number of hydrogen-bond donors (Lipinski definition) is 3. The topological polar surface area (TPSA) is 122 Å². The number of anilines is 2. The molecule has 0 spiro atoms. The number of amides is 2. The van der Waals surface area contributed by atoms with Crippen molar-refractivity contribution in [3.05, 3.63) is 52.9 Å². The highest BCUT2D eigenvalue weighted by atomic mass is 32.1. The predicted molar refractivity (Wildman–Crippen MR) is 145 cm³/mol. The molecule has 0 saturated carbocycles. The van der Waals surface area contributed by atoms with Crippen LogP contribution in [0, 0.1) is 11.3 Å². The molecule has 10 heteroatoms. The average Bonchev–Trinajstić information content (AvgIpc) is 3.24. The van der Waals surface area contributed by atoms with Crippen LogP contribution in [0.3, 0.4) is 0 Å². The number of fused-ring (bicyclic) bond motifs is 5. The van der Waals surface area contributed by atoms with Gasteiger partial charge in [-0.1, -0.05) is 0 Å². The number of nitrogens with one attached hydrogen (secondary N) is 2. The number of pyridine rings is 1. The Kier molecular flexibility index (Phi) is 5.57. The van der Waals surface area contributed by atoms with Crippen LogP contribution in [0.5, 0.6) is 0 Å². The van der Waals surface area contributed by atoms with Gasteiger partial charge in [-0.05, 0) is 49.4 Å². The van der Waals surface area contributed by atoms with Crippen molar-refractivity contribution in [2.75, 3.05) is 42.9 Å². The minimum atomic E-state index is -0.909. The summed E-state index contributed by atoms with van der Waals surface area (Å²) in [6.45, 7) is 4.59. The van der Waals surface area contributed by atoms with E-state index in [1.54, 1.807) is 0 Å². The number of piperazine rings is 1. The van der Waals surface area contributed by atoms with E-state index in [4.69, 9.17) is 4.98 Å². The van der Waals surface area contributed by atoms with Crippen LogP contribution in [0.1, 0.15) is 22.2 Å². The van der Waals surface area contributed by atoms with Crippen LogP contribution in [-0.2, 0) is 0 Å². The van der Waals surface area contributed by atoms with Crippen LogP contribution in [0.25, 0.3) is 32.2 Å². The lowest BCUT2D eigenvalue weighted by Crippen LogP contribution is -2.48. The highest BCUT2D eigenvalue weighted by Crippen LogP contribution is 2.41. The molecule has 0 aliphatic carbocycles. The van der Waals surface area contributed by atoms with Crippen LogP contribution in [0.4, 0.5) is 16.2 Å². The lowest BCUT2D eigenvalue weighted by atomic mass is 10.0. The van der Waals surface area contributed by atoms with Gasteiger partial charge >= 0.3 is 6.09 Å². The van der Waals surface area contributed by atoms with Gasteiger partial charge < -0.3 is 25.5 Å². The molecule has 2 aromatic carbocycles. The predicted octanol–water partition coefficient (Wildman–Crippen LogP) is 4.33. The zero-order valence-electron chi connectivity index (χ0n) is 20.1. The van der Waals surface area contributed by atoms with Crippen molar-refractivity contribution in [1.82, 2.24) is 15.2 Å². The van der Waals surface area contributed by atoms with Gasteiger partial charge in [0, 0.05) is 65.5 Å². The fraction of sp³-hybridized carbons (Fsp3) is 0.259. The summed E-state index contributed by atoms with van der Waals surface area (Å²) in [5, 5.41) is 27.4. The molecule has 0 radical (unpaired) electrons. The van der Waals surface area contributed by atoms with Crippen molar-refractivity contribution in [1.29, 1.82) is 5.26 Å². The van der Waals surface area contributed by atoms with Crippen LogP contribution < -0.4 is 15.5 Å². The van der Waals surface area contributed by atoms with Gasteiger partial charge in [-0.3, -0.25) is 4.79 Å². The quantitative estimate of drug-likeness (QED) is 0.365. The Balaban J connectivity index is 1.40. The molecule has 6 rings (SSSR count). The number of carbonyl (C=O) groups excluding carboxylic acids is 1. The van der Waals surface area contributed by atoms with Crippen LogP contribution >= 0.6 is 11.3 Å². The molecule has 1 fully saturated rings. The highest BCUT2D eigenvalue weighted by Gasteiger charge is 2.25. The lowest BCUT2D eigenvalue weighted by Gasteiger charge is -2.34. The van der Waals surface area contributed by atoms with Crippen molar-refractivity contribution in [2.24, 2.45) is 0 Å². The summed E-state index contributed by atoms with van der Waals surface area (Å²) < 4.78 is 1.03. The number of carbonyl (C=O) groups is 2. The molecule has 4 aromatic rings. The number of carboxylic acid groups (broad SMARTS) is 1. The van der Waals surface area contributed by atoms with E-state index >= 15 is 0 Å². The summed E-state index contributed by atoms with van der Waals surface area (Å²) in [4.78, 5) is 33.1. The van der Waals surface area contributed by atoms with Crippen molar-refractivity contribution >= 4 is 55.7 Å². The SMILES string of the molecule is C[C@@H]1CNc2c(sc3ccc4nc(-c5cc(C#N)cc(N6CCN(C(=O)O)CC6)c5)ccc4c23)C(=O)N1. The normalized spacial score (nSPS) is 17.6. The molecule has 2 aliphatic rings. The molecule has 0 bridgehead atoms. The summed E-state index contributed by atoms with van der Waals surface area (Å²) in [6.07, 6.45) is -0.909. The molecule has 1 saturated heterocycles. The third-order valence-corrected chi connectivity index (χ3v) is 8.10. The first-order valence-electron chi connectivity index (χ1n) is 12.1. The first-order chi connectivity index (χ1) is 17.9. The molecular weight excluding hydrogens is 488 g/mol. The smallest absolute Gasteiger partial charge is 0.407 e. The van der Waals surface area contributed by atoms with E-state index in [-0.39, 0.29) is 11.9 Å². The number of benzene rings is 2. The Labute approximate surface area is 216 Å². The van der Waals surface area contributed by atoms with Gasteiger partial charge in [-0.15, -0.1) is 11.3 Å². The van der Waals surface area contributed by atoms with E-state index in [1.807, 2.05) is 49.4 Å². The van der Waals surface area contributed by atoms with E-state index in [9.17, 15) is 20.0 Å². The molecule has 1 atom stereocenters. The van der Waals surface area contributed by atoms with Gasteiger partial charge in [0.1, 0.15) is 4.88 Å². The second-order valence-electron chi connectivity index (χ2n) is 9.40. The maximum Gasteiger partial charge on any atom is 0.407 e. The largest absolute Gasteiger partial charge is 0.465 e. The molecule has 2 aromatic heterocycles. The third-order valence-electron chi connectivity index (χ3n) is 6.95. The molecular formula is C27H24N6O3S. The monoisotopic (exact) mass is 512 g/mol. The maximum absolute atomic E-state index is 12.7. The first kappa shape index (κ1) is 23.1. The molecule has 186 valence electrons. The van der Waals surface area contributed by atoms with Crippen molar-refractivity contribution in [3.63, 3.8) is 0 Å². The van der Waals surface area contributed by atoms with Gasteiger partial charge in [-0.25, -0.2) is 9.78 Å². The average molecular weight is 513 g/mol. The molecule has 37 heavy (non-hydrogen) atoms. The Morgan fingerprint density at radius 3 is 2.73 bits per heavy atom. The molecule has 2 aliphatic heterocycles. The van der Waals surface area contributed by atoms with Gasteiger partial charge in [0.2, 0.25) is 0 Å². The number of nitriles is 1. The fourth-order valence-corrected chi connectivity index (χ4v) is 6.15. The fourth-order valence-electron chi connectivity index (χ4n) is 5.05.